The van der Waals surface area contributed by atoms with Gasteiger partial charge in [0, 0.05) is 29.0 Å². The number of nitrogens with zero attached hydrogens (tertiary/aromatic N) is 3. The monoisotopic (exact) mass is 546 g/mol. The zero-order valence-corrected chi connectivity index (χ0v) is 23.0. The van der Waals surface area contributed by atoms with Crippen LogP contribution in [0.5, 0.6) is 5.75 Å². The fourth-order valence-electron chi connectivity index (χ4n) is 5.10. The van der Waals surface area contributed by atoms with E-state index in [1.54, 1.807) is 25.4 Å². The number of rotatable bonds is 6. The summed E-state index contributed by atoms with van der Waals surface area (Å²) in [5.74, 6) is 0.232. The Morgan fingerprint density at radius 2 is 1.76 bits per heavy atom. The molecule has 1 N–H and O–H groups in total. The molecule has 3 heterocycles. The zero-order chi connectivity index (χ0) is 27.0. The van der Waals surface area contributed by atoms with Crippen molar-refractivity contribution in [3.8, 4) is 11.4 Å². The van der Waals surface area contributed by atoms with Gasteiger partial charge in [0.05, 0.1) is 42.6 Å². The molecule has 2 aromatic carbocycles. The number of halogens is 1. The van der Waals surface area contributed by atoms with Gasteiger partial charge in [0.1, 0.15) is 5.75 Å². The molecule has 9 heteroatoms. The van der Waals surface area contributed by atoms with E-state index in [1.807, 2.05) is 48.5 Å². The van der Waals surface area contributed by atoms with E-state index in [-0.39, 0.29) is 18.1 Å². The fraction of sp³-hybridized carbons (Fsp3) is 0.207. The first kappa shape index (κ1) is 25.8. The predicted molar refractivity (Wildman–Crippen MR) is 153 cm³/mol. The van der Waals surface area contributed by atoms with E-state index in [4.69, 9.17) is 33.3 Å². The molecule has 0 radical (unpaired) electrons. The molecule has 1 aliphatic heterocycles. The lowest BCUT2D eigenvalue weighted by atomic mass is 9.96. The second kappa shape index (κ2) is 10.5. The van der Waals surface area contributed by atoms with Crippen LogP contribution in [0.1, 0.15) is 45.1 Å². The van der Waals surface area contributed by atoms with Crippen LogP contribution in [0.4, 0.5) is 5.69 Å². The number of benzene rings is 2. The molecule has 0 amide bonds. The number of esters is 1. The highest BCUT2D eigenvalue weighted by atomic mass is 35.5. The van der Waals surface area contributed by atoms with E-state index in [9.17, 15) is 4.79 Å². The molecule has 2 unspecified atom stereocenters. The number of thiocarbonyl (C=S) groups is 1. The number of carbonyl (C=O) groups excluding carboxylic acids is 1. The molecule has 1 fully saturated rings. The number of aromatic nitrogens is 2. The smallest absolute Gasteiger partial charge is 0.337 e. The topological polar surface area (TPSA) is 68.6 Å². The Kier molecular flexibility index (Phi) is 7.10. The van der Waals surface area contributed by atoms with Crippen molar-refractivity contribution < 1.29 is 14.3 Å². The Morgan fingerprint density at radius 3 is 2.39 bits per heavy atom. The number of ether oxygens (including phenoxy) is 2. The molecular weight excluding hydrogens is 520 g/mol. The van der Waals surface area contributed by atoms with Crippen molar-refractivity contribution in [1.29, 1.82) is 0 Å². The van der Waals surface area contributed by atoms with Crippen LogP contribution in [0.2, 0.25) is 5.02 Å². The molecule has 194 valence electrons. The molecule has 0 bridgehead atoms. The number of nitrogens with one attached hydrogen (secondary N) is 1. The summed E-state index contributed by atoms with van der Waals surface area (Å²) in [7, 11) is 2.97. The summed E-state index contributed by atoms with van der Waals surface area (Å²) >= 11 is 12.4. The highest BCUT2D eigenvalue weighted by Crippen LogP contribution is 2.44. The van der Waals surface area contributed by atoms with Crippen LogP contribution in [0.25, 0.3) is 5.69 Å². The predicted octanol–water partition coefficient (Wildman–Crippen LogP) is 6.11. The van der Waals surface area contributed by atoms with Gasteiger partial charge in [-0.25, -0.2) is 4.79 Å². The first-order valence-corrected chi connectivity index (χ1v) is 12.8. The van der Waals surface area contributed by atoms with Gasteiger partial charge in [-0.05, 0) is 92.3 Å². The summed E-state index contributed by atoms with van der Waals surface area (Å²) in [5.41, 5.74) is 6.37. The summed E-state index contributed by atoms with van der Waals surface area (Å²) in [6.07, 6.45) is 1.79. The maximum absolute atomic E-state index is 11.9. The SMILES string of the molecule is COC(=O)c1ccc(-n2c(C)cc(C3C(c4ccccn4)NC(=S)N3c3ccc(OC)c(Cl)c3)c2C)cc1. The van der Waals surface area contributed by atoms with Crippen LogP contribution in [-0.2, 0) is 4.74 Å². The lowest BCUT2D eigenvalue weighted by Crippen LogP contribution is -2.29. The van der Waals surface area contributed by atoms with Gasteiger partial charge in [-0.2, -0.15) is 0 Å². The van der Waals surface area contributed by atoms with Crippen LogP contribution in [0, 0.1) is 13.8 Å². The lowest BCUT2D eigenvalue weighted by Gasteiger charge is -2.28. The number of hydrogen-bond acceptors (Lipinski definition) is 5. The van der Waals surface area contributed by atoms with Gasteiger partial charge in [0.15, 0.2) is 5.11 Å². The summed E-state index contributed by atoms with van der Waals surface area (Å²) in [5, 5.41) is 4.58. The summed E-state index contributed by atoms with van der Waals surface area (Å²) in [6.45, 7) is 4.16. The van der Waals surface area contributed by atoms with Crippen LogP contribution >= 0.6 is 23.8 Å². The van der Waals surface area contributed by atoms with Crippen molar-refractivity contribution >= 4 is 40.6 Å². The minimum atomic E-state index is -0.365. The van der Waals surface area contributed by atoms with Crippen LogP contribution in [0.3, 0.4) is 0 Å². The molecule has 0 aliphatic carbocycles. The number of anilines is 1. The van der Waals surface area contributed by atoms with Crippen molar-refractivity contribution in [3.63, 3.8) is 0 Å². The number of carbonyl (C=O) groups is 1. The fourth-order valence-corrected chi connectivity index (χ4v) is 5.70. The average Bonchev–Trinajstić information content (AvgIpc) is 3.43. The second-order valence-corrected chi connectivity index (χ2v) is 9.81. The molecular formula is C29H27ClN4O3S. The van der Waals surface area contributed by atoms with Gasteiger partial charge in [-0.3, -0.25) is 4.98 Å². The van der Waals surface area contributed by atoms with Crippen LogP contribution < -0.4 is 15.0 Å². The Balaban J connectivity index is 1.63. The van der Waals surface area contributed by atoms with E-state index < -0.39 is 0 Å². The number of aryl methyl sites for hydroxylation is 1. The Hall–Kier alpha value is -3.88. The summed E-state index contributed by atoms with van der Waals surface area (Å²) in [4.78, 5) is 18.7. The van der Waals surface area contributed by atoms with Crippen molar-refractivity contribution in [2.24, 2.45) is 0 Å². The van der Waals surface area contributed by atoms with E-state index in [2.05, 4.69) is 39.7 Å². The quantitative estimate of drug-likeness (QED) is 0.231. The Bertz CT molecular complexity index is 1500. The van der Waals surface area contributed by atoms with Gasteiger partial charge in [-0.15, -0.1) is 0 Å². The van der Waals surface area contributed by atoms with E-state index in [0.717, 1.165) is 34.0 Å². The minimum absolute atomic E-state index is 0.194. The standard InChI is InChI=1S/C29H27ClN4O3S/c1-17-15-22(18(2)33(17)20-10-8-19(9-11-20)28(35)37-4)27-26(24-7-5-6-14-31-24)32-29(38)34(27)21-12-13-25(36-3)23(30)16-21/h5-16,26-27H,1-4H3,(H,32,38). The molecule has 0 spiro atoms. The van der Waals surface area contributed by atoms with Gasteiger partial charge < -0.3 is 24.3 Å². The van der Waals surface area contributed by atoms with Crippen LogP contribution in [-0.4, -0.2) is 34.9 Å². The molecule has 2 atom stereocenters. The molecule has 2 aromatic heterocycles. The minimum Gasteiger partial charge on any atom is -0.495 e. The highest BCUT2D eigenvalue weighted by Gasteiger charge is 2.42. The lowest BCUT2D eigenvalue weighted by molar-refractivity contribution is 0.0600. The molecule has 5 rings (SSSR count). The van der Waals surface area contributed by atoms with E-state index >= 15 is 0 Å². The van der Waals surface area contributed by atoms with Gasteiger partial charge in [-0.1, -0.05) is 17.7 Å². The second-order valence-electron chi connectivity index (χ2n) is 9.02. The molecule has 7 nitrogen and oxygen atoms in total. The van der Waals surface area contributed by atoms with Gasteiger partial charge in [0.2, 0.25) is 0 Å². The first-order chi connectivity index (χ1) is 18.3. The number of methoxy groups -OCH3 is 2. The third kappa shape index (κ3) is 4.50. The third-order valence-corrected chi connectivity index (χ3v) is 7.46. The maximum atomic E-state index is 11.9. The Morgan fingerprint density at radius 1 is 1.03 bits per heavy atom. The largest absolute Gasteiger partial charge is 0.495 e. The third-order valence-electron chi connectivity index (χ3n) is 6.85. The van der Waals surface area contributed by atoms with Crippen molar-refractivity contribution in [2.45, 2.75) is 25.9 Å². The first-order valence-electron chi connectivity index (χ1n) is 12.1. The molecule has 38 heavy (non-hydrogen) atoms. The molecule has 1 saturated heterocycles. The summed E-state index contributed by atoms with van der Waals surface area (Å²) in [6, 6.07) is 20.7. The maximum Gasteiger partial charge on any atom is 0.337 e. The molecule has 4 aromatic rings. The molecule has 1 aliphatic rings. The van der Waals surface area contributed by atoms with Gasteiger partial charge in [0.25, 0.3) is 0 Å². The number of hydrogen-bond donors (Lipinski definition) is 1. The summed E-state index contributed by atoms with van der Waals surface area (Å²) < 4.78 is 12.4. The van der Waals surface area contributed by atoms with Crippen molar-refractivity contribution in [2.75, 3.05) is 19.1 Å². The van der Waals surface area contributed by atoms with Crippen molar-refractivity contribution in [1.82, 2.24) is 14.9 Å². The van der Waals surface area contributed by atoms with Gasteiger partial charge >= 0.3 is 5.97 Å². The average molecular weight is 547 g/mol. The number of pyridine rings is 1. The highest BCUT2D eigenvalue weighted by molar-refractivity contribution is 7.80. The van der Waals surface area contributed by atoms with Crippen molar-refractivity contribution in [3.05, 3.63) is 106 Å². The van der Waals surface area contributed by atoms with E-state index in [0.29, 0.717) is 21.4 Å². The normalized spacial score (nSPS) is 16.9. The van der Waals surface area contributed by atoms with Crippen LogP contribution in [0.15, 0.2) is 72.9 Å². The van der Waals surface area contributed by atoms with E-state index in [1.165, 1.54) is 7.11 Å². The zero-order valence-electron chi connectivity index (χ0n) is 21.4. The Labute approximate surface area is 232 Å². The molecule has 0 saturated carbocycles.